The summed E-state index contributed by atoms with van der Waals surface area (Å²) in [7, 11) is 0. The van der Waals surface area contributed by atoms with Crippen molar-refractivity contribution < 1.29 is 4.57 Å². The molecule has 1 aromatic carbocycles. The van der Waals surface area contributed by atoms with E-state index in [1.54, 1.807) is 4.88 Å². The minimum Gasteiger partial charge on any atom is -0.152 e. The fourth-order valence-electron chi connectivity index (χ4n) is 2.33. The zero-order valence-corrected chi connectivity index (χ0v) is 13.2. The second kappa shape index (κ2) is 4.82. The maximum Gasteiger partial charge on any atom is 0.240 e. The number of para-hydroxylation sites is 1. The maximum absolute atomic E-state index is 3.65. The molecule has 0 radical (unpaired) electrons. The van der Waals surface area contributed by atoms with Gasteiger partial charge in [0.25, 0.3) is 0 Å². The average molecular weight is 374 g/mol. The molecule has 1 aliphatic carbocycles. The van der Waals surface area contributed by atoms with Crippen LogP contribution in [-0.4, -0.2) is 0 Å². The third kappa shape index (κ3) is 2.11. The first kappa shape index (κ1) is 11.9. The Morgan fingerprint density at radius 1 is 1.06 bits per heavy atom. The van der Waals surface area contributed by atoms with E-state index in [0.29, 0.717) is 0 Å². The molecule has 0 aliphatic heterocycles. The third-order valence-corrected chi connectivity index (χ3v) is 5.48. The van der Waals surface area contributed by atoms with E-state index in [4.69, 9.17) is 0 Å². The predicted octanol–water partition coefficient (Wildman–Crippen LogP) is 4.43. The number of thiazole rings is 1. The van der Waals surface area contributed by atoms with E-state index in [1.807, 2.05) is 11.3 Å². The SMILES string of the molecule is Brc1cccc(Br)c1-[n+]1csc2c1CCCC2. The molecule has 88 valence electrons. The first-order chi connectivity index (χ1) is 8.27. The van der Waals surface area contributed by atoms with Crippen LogP contribution < -0.4 is 4.57 Å². The lowest BCUT2D eigenvalue weighted by Gasteiger charge is -2.08. The Bertz CT molecular complexity index is 542. The summed E-state index contributed by atoms with van der Waals surface area (Å²) in [4.78, 5) is 1.55. The number of aryl methyl sites for hydroxylation is 1. The Labute approximate surface area is 122 Å². The zero-order chi connectivity index (χ0) is 11.8. The van der Waals surface area contributed by atoms with Gasteiger partial charge in [0.15, 0.2) is 0 Å². The number of hydrogen-bond acceptors (Lipinski definition) is 1. The molecule has 4 heteroatoms. The van der Waals surface area contributed by atoms with Crippen LogP contribution in [0.4, 0.5) is 0 Å². The Hall–Kier alpha value is -0.190. The summed E-state index contributed by atoms with van der Waals surface area (Å²) in [6.45, 7) is 0. The minimum absolute atomic E-state index is 1.14. The number of nitrogens with zero attached hydrogens (tertiary/aromatic N) is 1. The van der Waals surface area contributed by atoms with Gasteiger partial charge >= 0.3 is 0 Å². The highest BCUT2D eigenvalue weighted by atomic mass is 79.9. The first-order valence-corrected chi connectivity index (χ1v) is 8.19. The van der Waals surface area contributed by atoms with E-state index >= 15 is 0 Å². The molecule has 0 spiro atoms. The molecule has 1 aliphatic rings. The van der Waals surface area contributed by atoms with Crippen LogP contribution >= 0.6 is 43.2 Å². The largest absolute Gasteiger partial charge is 0.240 e. The van der Waals surface area contributed by atoms with Gasteiger partial charge in [0.05, 0.1) is 13.8 Å². The Morgan fingerprint density at radius 2 is 1.76 bits per heavy atom. The Kier molecular flexibility index (Phi) is 3.37. The molecule has 0 N–H and O–H groups in total. The van der Waals surface area contributed by atoms with Gasteiger partial charge in [-0.25, -0.2) is 0 Å². The molecule has 0 atom stereocenters. The highest BCUT2D eigenvalue weighted by molar-refractivity contribution is 9.11. The molecular weight excluding hydrogens is 362 g/mol. The van der Waals surface area contributed by atoms with Crippen LogP contribution in [0.3, 0.4) is 0 Å². The van der Waals surface area contributed by atoms with E-state index < -0.39 is 0 Å². The molecule has 0 fully saturated rings. The molecule has 0 amide bonds. The summed E-state index contributed by atoms with van der Waals surface area (Å²) in [6.07, 6.45) is 5.10. The third-order valence-electron chi connectivity index (χ3n) is 3.16. The minimum atomic E-state index is 1.14. The number of benzene rings is 1. The van der Waals surface area contributed by atoms with Gasteiger partial charge in [-0.1, -0.05) is 17.4 Å². The van der Waals surface area contributed by atoms with Crippen molar-refractivity contribution in [1.29, 1.82) is 0 Å². The summed E-state index contributed by atoms with van der Waals surface area (Å²) < 4.78 is 4.62. The Balaban J connectivity index is 2.19. The van der Waals surface area contributed by atoms with E-state index in [2.05, 4.69) is 60.1 Å². The van der Waals surface area contributed by atoms with Crippen LogP contribution in [0.1, 0.15) is 23.4 Å². The molecule has 0 unspecified atom stereocenters. The molecule has 3 rings (SSSR count). The van der Waals surface area contributed by atoms with Crippen LogP contribution in [0.5, 0.6) is 0 Å². The molecule has 17 heavy (non-hydrogen) atoms. The fourth-order valence-corrected chi connectivity index (χ4v) is 4.77. The fraction of sp³-hybridized carbons (Fsp3) is 0.308. The summed E-state index contributed by atoms with van der Waals surface area (Å²) >= 11 is 9.19. The topological polar surface area (TPSA) is 3.88 Å². The first-order valence-electron chi connectivity index (χ1n) is 5.72. The highest BCUT2D eigenvalue weighted by Gasteiger charge is 2.27. The van der Waals surface area contributed by atoms with Crippen molar-refractivity contribution in [2.24, 2.45) is 0 Å². The lowest BCUT2D eigenvalue weighted by molar-refractivity contribution is -0.600. The second-order valence-corrected chi connectivity index (χ2v) is 6.89. The molecule has 0 bridgehead atoms. The summed E-state index contributed by atoms with van der Waals surface area (Å²) in [5.41, 5.74) is 4.96. The molecule has 1 nitrogen and oxygen atoms in total. The lowest BCUT2D eigenvalue weighted by atomic mass is 10.0. The highest BCUT2D eigenvalue weighted by Crippen LogP contribution is 2.29. The van der Waals surface area contributed by atoms with Crippen molar-refractivity contribution in [2.75, 3.05) is 0 Å². The van der Waals surface area contributed by atoms with Gasteiger partial charge in [-0.3, -0.25) is 0 Å². The van der Waals surface area contributed by atoms with Gasteiger partial charge in [0, 0.05) is 6.42 Å². The monoisotopic (exact) mass is 372 g/mol. The average Bonchev–Trinajstić information content (AvgIpc) is 2.73. The van der Waals surface area contributed by atoms with Gasteiger partial charge in [0.1, 0.15) is 0 Å². The van der Waals surface area contributed by atoms with Crippen LogP contribution in [0.15, 0.2) is 32.7 Å². The molecule has 0 saturated carbocycles. The molecule has 2 aromatic rings. The lowest BCUT2D eigenvalue weighted by Crippen LogP contribution is -2.35. The van der Waals surface area contributed by atoms with Gasteiger partial charge < -0.3 is 0 Å². The van der Waals surface area contributed by atoms with Crippen LogP contribution in [0.25, 0.3) is 5.69 Å². The van der Waals surface area contributed by atoms with Crippen molar-refractivity contribution >= 4 is 43.2 Å². The smallest absolute Gasteiger partial charge is 0.152 e. The molecule has 1 heterocycles. The summed E-state index contributed by atoms with van der Waals surface area (Å²) in [6, 6.07) is 6.25. The van der Waals surface area contributed by atoms with Gasteiger partial charge in [-0.2, -0.15) is 4.57 Å². The zero-order valence-electron chi connectivity index (χ0n) is 9.25. The van der Waals surface area contributed by atoms with E-state index in [0.717, 1.165) is 8.95 Å². The van der Waals surface area contributed by atoms with Crippen LogP contribution in [0.2, 0.25) is 0 Å². The van der Waals surface area contributed by atoms with E-state index in [9.17, 15) is 0 Å². The van der Waals surface area contributed by atoms with Gasteiger partial charge in [0.2, 0.25) is 16.9 Å². The Morgan fingerprint density at radius 3 is 2.53 bits per heavy atom. The number of fused-ring (bicyclic) bond motifs is 1. The van der Waals surface area contributed by atoms with Crippen LogP contribution in [-0.2, 0) is 12.8 Å². The normalized spacial score (nSPS) is 14.7. The molecule has 1 aromatic heterocycles. The van der Waals surface area contributed by atoms with E-state index in [1.165, 1.54) is 37.1 Å². The van der Waals surface area contributed by atoms with Crippen molar-refractivity contribution in [3.63, 3.8) is 0 Å². The van der Waals surface area contributed by atoms with Gasteiger partial charge in [-0.15, -0.1) is 0 Å². The van der Waals surface area contributed by atoms with Crippen molar-refractivity contribution in [3.8, 4) is 5.69 Å². The maximum atomic E-state index is 3.65. The quantitative estimate of drug-likeness (QED) is 0.651. The molecular formula is C13H12Br2NS+. The standard InChI is InChI=1S/C13H12Br2NS/c14-9-4-3-5-10(15)13(9)16-8-17-12-7-2-1-6-11(12)16/h3-5,8H,1-2,6-7H2/q+1. The summed E-state index contributed by atoms with van der Waals surface area (Å²) in [5.74, 6) is 0. The van der Waals surface area contributed by atoms with Crippen molar-refractivity contribution in [2.45, 2.75) is 25.7 Å². The summed E-state index contributed by atoms with van der Waals surface area (Å²) in [5, 5.41) is 0. The number of aromatic nitrogens is 1. The molecule has 0 saturated heterocycles. The number of halogens is 2. The second-order valence-electron chi connectivity index (χ2n) is 4.24. The van der Waals surface area contributed by atoms with Crippen molar-refractivity contribution in [1.82, 2.24) is 0 Å². The van der Waals surface area contributed by atoms with Gasteiger partial charge in [-0.05, 0) is 63.3 Å². The number of hydrogen-bond donors (Lipinski definition) is 0. The van der Waals surface area contributed by atoms with Crippen molar-refractivity contribution in [3.05, 3.63) is 43.2 Å². The van der Waals surface area contributed by atoms with Crippen LogP contribution in [0, 0.1) is 0 Å². The van der Waals surface area contributed by atoms with E-state index in [-0.39, 0.29) is 0 Å². The predicted molar refractivity (Wildman–Crippen MR) is 77.9 cm³/mol. The number of rotatable bonds is 1.